The standard InChI is InChI=1S/C20H20O2/c1-14(20(21)22-2)19-13-17-8-7-15-3-5-16(6-4-15)9-11-18(19)12-10-17/h3-6,10,12-13H,1,7-9,11H2,2H3. The zero-order valence-electron chi connectivity index (χ0n) is 12.9. The molecule has 4 aliphatic carbocycles. The predicted molar refractivity (Wildman–Crippen MR) is 88.8 cm³/mol. The number of hydrogen-bond donors (Lipinski definition) is 0. The summed E-state index contributed by atoms with van der Waals surface area (Å²) in [5.41, 5.74) is 6.44. The molecule has 2 heteroatoms. The fraction of sp³-hybridized carbons (Fsp3) is 0.250. The first kappa shape index (κ1) is 14.6. The van der Waals surface area contributed by atoms with Gasteiger partial charge in [-0.25, -0.2) is 4.79 Å². The molecular weight excluding hydrogens is 272 g/mol. The Hall–Kier alpha value is -2.35. The van der Waals surface area contributed by atoms with Crippen molar-refractivity contribution < 1.29 is 9.53 Å². The lowest BCUT2D eigenvalue weighted by Gasteiger charge is -2.15. The minimum absolute atomic E-state index is 0.353. The van der Waals surface area contributed by atoms with Crippen LogP contribution in [0.4, 0.5) is 0 Å². The van der Waals surface area contributed by atoms with Crippen molar-refractivity contribution in [2.75, 3.05) is 7.11 Å². The largest absolute Gasteiger partial charge is 0.465 e. The molecule has 0 aromatic heterocycles. The molecule has 0 fully saturated rings. The monoisotopic (exact) mass is 292 g/mol. The zero-order valence-corrected chi connectivity index (χ0v) is 12.9. The Kier molecular flexibility index (Phi) is 4.10. The van der Waals surface area contributed by atoms with Gasteiger partial charge in [0.1, 0.15) is 0 Å². The molecule has 6 rings (SSSR count). The van der Waals surface area contributed by atoms with Gasteiger partial charge in [-0.1, -0.05) is 49.0 Å². The molecule has 0 amide bonds. The van der Waals surface area contributed by atoms with Gasteiger partial charge in [-0.3, -0.25) is 0 Å². The molecule has 0 aliphatic heterocycles. The summed E-state index contributed by atoms with van der Waals surface area (Å²) in [6.45, 7) is 3.93. The van der Waals surface area contributed by atoms with E-state index in [9.17, 15) is 4.79 Å². The quantitative estimate of drug-likeness (QED) is 0.622. The highest BCUT2D eigenvalue weighted by atomic mass is 16.5. The average Bonchev–Trinajstić information content (AvgIpc) is 2.56. The van der Waals surface area contributed by atoms with Crippen LogP contribution in [0.25, 0.3) is 5.57 Å². The van der Waals surface area contributed by atoms with E-state index in [1.165, 1.54) is 23.8 Å². The van der Waals surface area contributed by atoms with Gasteiger partial charge in [0.05, 0.1) is 12.7 Å². The molecule has 0 unspecified atom stereocenters. The van der Waals surface area contributed by atoms with Crippen LogP contribution in [0, 0.1) is 0 Å². The Labute approximate surface area is 131 Å². The van der Waals surface area contributed by atoms with Gasteiger partial charge in [0.15, 0.2) is 0 Å². The Morgan fingerprint density at radius 1 is 0.909 bits per heavy atom. The van der Waals surface area contributed by atoms with Crippen molar-refractivity contribution in [3.63, 3.8) is 0 Å². The number of hydrogen-bond acceptors (Lipinski definition) is 2. The van der Waals surface area contributed by atoms with E-state index in [0.717, 1.165) is 36.8 Å². The van der Waals surface area contributed by atoms with Crippen molar-refractivity contribution in [2.24, 2.45) is 0 Å². The van der Waals surface area contributed by atoms with E-state index in [1.54, 1.807) is 0 Å². The molecule has 4 aliphatic rings. The Bertz CT molecular complexity index is 711. The first-order chi connectivity index (χ1) is 10.7. The molecule has 2 aromatic carbocycles. The topological polar surface area (TPSA) is 26.3 Å². The van der Waals surface area contributed by atoms with Gasteiger partial charge in [-0.15, -0.1) is 0 Å². The van der Waals surface area contributed by atoms with E-state index in [-0.39, 0.29) is 5.97 Å². The second kappa shape index (κ2) is 6.18. The van der Waals surface area contributed by atoms with Crippen LogP contribution in [-0.4, -0.2) is 13.1 Å². The zero-order chi connectivity index (χ0) is 15.5. The average molecular weight is 292 g/mol. The molecule has 0 spiro atoms. The van der Waals surface area contributed by atoms with Crippen molar-refractivity contribution in [2.45, 2.75) is 25.7 Å². The summed E-state index contributed by atoms with van der Waals surface area (Å²) in [5, 5.41) is 0. The summed E-state index contributed by atoms with van der Waals surface area (Å²) in [7, 11) is 1.40. The SMILES string of the molecule is C=C(C(=O)OC)c1cc2ccc1CCc1ccc(cc1)CC2. The highest BCUT2D eigenvalue weighted by molar-refractivity contribution is 6.16. The summed E-state index contributed by atoms with van der Waals surface area (Å²) in [4.78, 5) is 11.8. The highest BCUT2D eigenvalue weighted by Crippen LogP contribution is 2.24. The van der Waals surface area contributed by atoms with Crippen molar-refractivity contribution in [1.29, 1.82) is 0 Å². The first-order valence-electron chi connectivity index (χ1n) is 7.64. The second-order valence-electron chi connectivity index (χ2n) is 5.78. The summed E-state index contributed by atoms with van der Waals surface area (Å²) in [6.07, 6.45) is 3.82. The predicted octanol–water partition coefficient (Wildman–Crippen LogP) is 3.76. The fourth-order valence-electron chi connectivity index (χ4n) is 2.95. The van der Waals surface area contributed by atoms with Crippen LogP contribution in [0.1, 0.15) is 27.8 Å². The van der Waals surface area contributed by atoms with E-state index in [1.807, 2.05) is 0 Å². The fourth-order valence-corrected chi connectivity index (χ4v) is 2.95. The van der Waals surface area contributed by atoms with E-state index in [4.69, 9.17) is 4.74 Å². The van der Waals surface area contributed by atoms with Crippen LogP contribution in [0.15, 0.2) is 49.0 Å². The molecule has 2 nitrogen and oxygen atoms in total. The molecule has 0 N–H and O–H groups in total. The molecular formula is C20H20O2. The molecule has 4 bridgehead atoms. The number of carbonyl (C=O) groups is 1. The summed E-state index contributed by atoms with van der Waals surface area (Å²) in [6, 6.07) is 15.2. The van der Waals surface area contributed by atoms with Crippen LogP contribution in [-0.2, 0) is 35.2 Å². The number of methoxy groups -OCH3 is 1. The second-order valence-corrected chi connectivity index (χ2v) is 5.78. The van der Waals surface area contributed by atoms with Crippen LogP contribution in [0.5, 0.6) is 0 Å². The van der Waals surface area contributed by atoms with Gasteiger partial charge in [0.25, 0.3) is 0 Å². The third kappa shape index (κ3) is 2.96. The molecule has 0 saturated carbocycles. The maximum atomic E-state index is 11.8. The van der Waals surface area contributed by atoms with Crippen LogP contribution < -0.4 is 0 Å². The smallest absolute Gasteiger partial charge is 0.337 e. The summed E-state index contributed by atoms with van der Waals surface area (Å²) >= 11 is 0. The number of benzene rings is 2. The molecule has 0 saturated heterocycles. The van der Waals surface area contributed by atoms with Crippen molar-refractivity contribution in [3.05, 3.63) is 76.9 Å². The summed E-state index contributed by atoms with van der Waals surface area (Å²) in [5.74, 6) is -0.353. The van der Waals surface area contributed by atoms with Gasteiger partial charge in [-0.05, 0) is 53.5 Å². The maximum absolute atomic E-state index is 11.8. The molecule has 112 valence electrons. The van der Waals surface area contributed by atoms with Gasteiger partial charge >= 0.3 is 5.97 Å². The van der Waals surface area contributed by atoms with Crippen molar-refractivity contribution >= 4 is 11.5 Å². The number of carbonyl (C=O) groups excluding carboxylic acids is 1. The van der Waals surface area contributed by atoms with Crippen molar-refractivity contribution in [1.82, 2.24) is 0 Å². The highest BCUT2D eigenvalue weighted by Gasteiger charge is 2.15. The molecule has 2 aromatic rings. The minimum atomic E-state index is -0.353. The lowest BCUT2D eigenvalue weighted by Crippen LogP contribution is -2.07. The normalized spacial score (nSPS) is 13.3. The third-order valence-corrected chi connectivity index (χ3v) is 4.34. The van der Waals surface area contributed by atoms with E-state index >= 15 is 0 Å². The van der Waals surface area contributed by atoms with E-state index in [2.05, 4.69) is 49.0 Å². The minimum Gasteiger partial charge on any atom is -0.465 e. The number of rotatable bonds is 2. The van der Waals surface area contributed by atoms with Crippen molar-refractivity contribution in [3.8, 4) is 0 Å². The van der Waals surface area contributed by atoms with Crippen LogP contribution in [0.3, 0.4) is 0 Å². The molecule has 0 heterocycles. The van der Waals surface area contributed by atoms with Gasteiger partial charge in [-0.2, -0.15) is 0 Å². The van der Waals surface area contributed by atoms with Gasteiger partial charge < -0.3 is 4.74 Å². The lowest BCUT2D eigenvalue weighted by molar-refractivity contribution is -0.133. The van der Waals surface area contributed by atoms with Crippen LogP contribution >= 0.6 is 0 Å². The van der Waals surface area contributed by atoms with Gasteiger partial charge in [0.2, 0.25) is 0 Å². The van der Waals surface area contributed by atoms with Gasteiger partial charge in [0, 0.05) is 0 Å². The molecule has 0 radical (unpaired) electrons. The number of ether oxygens (including phenoxy) is 1. The molecule has 22 heavy (non-hydrogen) atoms. The lowest BCUT2D eigenvalue weighted by atomic mass is 9.91. The van der Waals surface area contributed by atoms with E-state index in [0.29, 0.717) is 5.57 Å². The number of esters is 1. The summed E-state index contributed by atoms with van der Waals surface area (Å²) < 4.78 is 4.84. The maximum Gasteiger partial charge on any atom is 0.337 e. The van der Waals surface area contributed by atoms with E-state index < -0.39 is 0 Å². The van der Waals surface area contributed by atoms with Crippen LogP contribution in [0.2, 0.25) is 0 Å². The Morgan fingerprint density at radius 3 is 2.09 bits per heavy atom. The third-order valence-electron chi connectivity index (χ3n) is 4.34. The number of aryl methyl sites for hydroxylation is 4. The Morgan fingerprint density at radius 2 is 1.45 bits per heavy atom. The Balaban J connectivity index is 2.00. The first-order valence-corrected chi connectivity index (χ1v) is 7.64. The molecule has 0 atom stereocenters.